The monoisotopic (exact) mass is 345 g/mol. The number of benzene rings is 2. The molecule has 0 spiro atoms. The predicted octanol–water partition coefficient (Wildman–Crippen LogP) is 3.65. The van der Waals surface area contributed by atoms with Crippen molar-refractivity contribution in [3.63, 3.8) is 0 Å². The minimum atomic E-state index is 0.0198. The second-order valence-electron chi connectivity index (χ2n) is 5.15. The van der Waals surface area contributed by atoms with Crippen LogP contribution in [0.3, 0.4) is 0 Å². The van der Waals surface area contributed by atoms with Crippen molar-refractivity contribution in [1.82, 2.24) is 0 Å². The summed E-state index contributed by atoms with van der Waals surface area (Å²) in [4.78, 5) is 12.0. The van der Waals surface area contributed by atoms with Crippen molar-refractivity contribution >= 4 is 27.5 Å². The van der Waals surface area contributed by atoms with Gasteiger partial charge >= 0.3 is 0 Å². The highest BCUT2D eigenvalue weighted by Crippen LogP contribution is 2.44. The highest BCUT2D eigenvalue weighted by molar-refractivity contribution is 9.10. The van der Waals surface area contributed by atoms with Gasteiger partial charge in [0.15, 0.2) is 11.5 Å². The van der Waals surface area contributed by atoms with Crippen LogP contribution >= 0.6 is 15.9 Å². The number of halogens is 1. The standard InChI is InChI=1S/C16H12BrNO3/c17-10-3-1-2-9(4-10)11-6-16(19)18-13-7-15-14(5-12(11)13)20-8-21-15/h1-5,7,11H,6,8H2,(H,18,19)/t11-/m1/s1. The first-order chi connectivity index (χ1) is 10.2. The summed E-state index contributed by atoms with van der Waals surface area (Å²) < 4.78 is 11.8. The lowest BCUT2D eigenvalue weighted by Gasteiger charge is -2.26. The molecule has 0 saturated carbocycles. The molecule has 21 heavy (non-hydrogen) atoms. The van der Waals surface area contributed by atoms with E-state index in [1.54, 1.807) is 0 Å². The average molecular weight is 346 g/mol. The Bertz CT molecular complexity index is 744. The Hall–Kier alpha value is -2.01. The summed E-state index contributed by atoms with van der Waals surface area (Å²) in [6.45, 7) is 0.230. The maximum absolute atomic E-state index is 12.0. The number of carbonyl (C=O) groups is 1. The van der Waals surface area contributed by atoms with Crippen molar-refractivity contribution < 1.29 is 14.3 Å². The Morgan fingerprint density at radius 3 is 2.76 bits per heavy atom. The van der Waals surface area contributed by atoms with Crippen LogP contribution in [0.1, 0.15) is 23.5 Å². The van der Waals surface area contributed by atoms with Gasteiger partial charge in [-0.25, -0.2) is 0 Å². The van der Waals surface area contributed by atoms with E-state index in [9.17, 15) is 4.79 Å². The molecule has 4 rings (SSSR count). The first-order valence-electron chi connectivity index (χ1n) is 6.69. The molecule has 2 heterocycles. The molecule has 1 N–H and O–H groups in total. The zero-order valence-electron chi connectivity index (χ0n) is 11.1. The third-order valence-electron chi connectivity index (χ3n) is 3.83. The zero-order valence-corrected chi connectivity index (χ0v) is 12.6. The van der Waals surface area contributed by atoms with Crippen LogP contribution in [-0.4, -0.2) is 12.7 Å². The molecule has 2 aromatic carbocycles. The molecule has 0 bridgehead atoms. The van der Waals surface area contributed by atoms with Crippen LogP contribution in [0.25, 0.3) is 0 Å². The molecule has 0 radical (unpaired) electrons. The van der Waals surface area contributed by atoms with E-state index < -0.39 is 0 Å². The summed E-state index contributed by atoms with van der Waals surface area (Å²) in [5.41, 5.74) is 2.98. The molecule has 0 aliphatic carbocycles. The third kappa shape index (κ3) is 2.17. The zero-order chi connectivity index (χ0) is 14.4. The van der Waals surface area contributed by atoms with Crippen molar-refractivity contribution in [2.24, 2.45) is 0 Å². The van der Waals surface area contributed by atoms with E-state index in [1.165, 1.54) is 0 Å². The van der Waals surface area contributed by atoms with Crippen LogP contribution < -0.4 is 14.8 Å². The van der Waals surface area contributed by atoms with Gasteiger partial charge in [-0.2, -0.15) is 0 Å². The van der Waals surface area contributed by atoms with Gasteiger partial charge in [-0.3, -0.25) is 4.79 Å². The number of ether oxygens (including phenoxy) is 2. The van der Waals surface area contributed by atoms with Crippen molar-refractivity contribution in [1.29, 1.82) is 0 Å². The maximum atomic E-state index is 12.0. The molecule has 1 atom stereocenters. The minimum Gasteiger partial charge on any atom is -0.454 e. The highest BCUT2D eigenvalue weighted by atomic mass is 79.9. The molecule has 2 aliphatic rings. The molecule has 2 aliphatic heterocycles. The van der Waals surface area contributed by atoms with Crippen LogP contribution in [0.4, 0.5) is 5.69 Å². The fraction of sp³-hybridized carbons (Fsp3) is 0.188. The first kappa shape index (κ1) is 12.7. The molecule has 2 aromatic rings. The second-order valence-corrected chi connectivity index (χ2v) is 6.07. The lowest BCUT2D eigenvalue weighted by Crippen LogP contribution is -2.23. The lowest BCUT2D eigenvalue weighted by atomic mass is 9.84. The normalized spacial score (nSPS) is 19.1. The topological polar surface area (TPSA) is 47.6 Å². The van der Waals surface area contributed by atoms with Crippen molar-refractivity contribution in [2.45, 2.75) is 12.3 Å². The number of nitrogens with one attached hydrogen (secondary N) is 1. The van der Waals surface area contributed by atoms with Crippen LogP contribution in [0.15, 0.2) is 40.9 Å². The molecule has 0 aromatic heterocycles. The SMILES string of the molecule is O=C1C[C@H](c2cccc(Br)c2)c2cc3c(cc2N1)OCO3. The number of carbonyl (C=O) groups excluding carboxylic acids is 1. The summed E-state index contributed by atoms with van der Waals surface area (Å²) in [5, 5.41) is 2.92. The summed E-state index contributed by atoms with van der Waals surface area (Å²) in [7, 11) is 0. The third-order valence-corrected chi connectivity index (χ3v) is 4.33. The van der Waals surface area contributed by atoms with E-state index >= 15 is 0 Å². The molecular formula is C16H12BrNO3. The Kier molecular flexibility index (Phi) is 2.89. The van der Waals surface area contributed by atoms with Crippen molar-refractivity contribution in [3.05, 3.63) is 52.0 Å². The molecule has 0 unspecified atom stereocenters. The fourth-order valence-corrected chi connectivity index (χ4v) is 3.29. The molecule has 5 heteroatoms. The van der Waals surface area contributed by atoms with Crippen LogP contribution in [0, 0.1) is 0 Å². The smallest absolute Gasteiger partial charge is 0.231 e. The van der Waals surface area contributed by atoms with E-state index in [0.29, 0.717) is 12.2 Å². The van der Waals surface area contributed by atoms with E-state index in [4.69, 9.17) is 9.47 Å². The largest absolute Gasteiger partial charge is 0.454 e. The highest BCUT2D eigenvalue weighted by Gasteiger charge is 2.29. The predicted molar refractivity (Wildman–Crippen MR) is 81.8 cm³/mol. The quantitative estimate of drug-likeness (QED) is 0.857. The van der Waals surface area contributed by atoms with Gasteiger partial charge in [-0.15, -0.1) is 0 Å². The summed E-state index contributed by atoms with van der Waals surface area (Å²) >= 11 is 3.49. The van der Waals surface area contributed by atoms with Crippen LogP contribution in [-0.2, 0) is 4.79 Å². The van der Waals surface area contributed by atoms with Gasteiger partial charge in [-0.1, -0.05) is 28.1 Å². The molecule has 0 fully saturated rings. The minimum absolute atomic E-state index is 0.0198. The lowest BCUT2D eigenvalue weighted by molar-refractivity contribution is -0.116. The summed E-state index contributed by atoms with van der Waals surface area (Å²) in [6.07, 6.45) is 0.434. The van der Waals surface area contributed by atoms with Gasteiger partial charge in [0.1, 0.15) is 0 Å². The van der Waals surface area contributed by atoms with Crippen LogP contribution in [0.2, 0.25) is 0 Å². The first-order valence-corrected chi connectivity index (χ1v) is 7.49. The summed E-state index contributed by atoms with van der Waals surface area (Å²) in [6, 6.07) is 11.9. The number of hydrogen-bond acceptors (Lipinski definition) is 3. The van der Waals surface area contributed by atoms with Gasteiger partial charge in [0.25, 0.3) is 0 Å². The molecular weight excluding hydrogens is 334 g/mol. The van der Waals surface area contributed by atoms with Gasteiger partial charge in [-0.05, 0) is 29.3 Å². The van der Waals surface area contributed by atoms with Crippen molar-refractivity contribution in [2.75, 3.05) is 12.1 Å². The summed E-state index contributed by atoms with van der Waals surface area (Å²) in [5.74, 6) is 1.47. The number of fused-ring (bicyclic) bond motifs is 2. The maximum Gasteiger partial charge on any atom is 0.231 e. The Labute approximate surface area is 130 Å². The molecule has 106 valence electrons. The van der Waals surface area contributed by atoms with Gasteiger partial charge < -0.3 is 14.8 Å². The number of amides is 1. The van der Waals surface area contributed by atoms with E-state index in [0.717, 1.165) is 27.0 Å². The number of rotatable bonds is 1. The Morgan fingerprint density at radius 1 is 1.14 bits per heavy atom. The Balaban J connectivity index is 1.85. The molecule has 4 nitrogen and oxygen atoms in total. The molecule has 0 saturated heterocycles. The molecule has 1 amide bonds. The van der Waals surface area contributed by atoms with E-state index in [-0.39, 0.29) is 18.6 Å². The fourth-order valence-electron chi connectivity index (χ4n) is 2.87. The van der Waals surface area contributed by atoms with Gasteiger partial charge in [0.2, 0.25) is 12.7 Å². The van der Waals surface area contributed by atoms with Gasteiger partial charge in [0, 0.05) is 28.6 Å². The van der Waals surface area contributed by atoms with E-state index in [1.807, 2.05) is 30.3 Å². The number of anilines is 1. The average Bonchev–Trinajstić information content (AvgIpc) is 2.91. The number of hydrogen-bond donors (Lipinski definition) is 1. The second kappa shape index (κ2) is 4.77. The van der Waals surface area contributed by atoms with Gasteiger partial charge in [0.05, 0.1) is 0 Å². The van der Waals surface area contributed by atoms with Crippen LogP contribution in [0.5, 0.6) is 11.5 Å². The van der Waals surface area contributed by atoms with Crippen molar-refractivity contribution in [3.8, 4) is 11.5 Å². The van der Waals surface area contributed by atoms with E-state index in [2.05, 4.69) is 27.3 Å². The Morgan fingerprint density at radius 2 is 1.95 bits per heavy atom.